The smallest absolute Gasteiger partial charge is 0.306 e. The Balaban J connectivity index is 1.40. The number of allylic oxidation sites excluding steroid dienone is 1. The number of likely N-dealkylation sites (tertiary alicyclic amines) is 1. The van der Waals surface area contributed by atoms with Crippen molar-refractivity contribution in [3.8, 4) is 0 Å². The first-order valence-electron chi connectivity index (χ1n) is 17.4. The molecule has 11 heteroatoms. The lowest BCUT2D eigenvalue weighted by Crippen LogP contribution is -2.56. The van der Waals surface area contributed by atoms with Crippen LogP contribution < -0.4 is 15.1 Å². The molecule has 0 saturated carbocycles. The second-order valence-corrected chi connectivity index (χ2v) is 13.0. The molecule has 2 fully saturated rings. The zero-order valence-corrected chi connectivity index (χ0v) is 28.2. The molecule has 3 amide bonds. The molecular weight excluding hydrogens is 624 g/mol. The normalized spacial score (nSPS) is 29.2. The standard InChI is InChI=1S/C38H46N4O7/c1-3-40(4-2)27-16-18-28(19-17-27)41-22-10-6-9-15-31(44)48-25-29(26-13-7-5-8-14-26)39-35(45)32-30-20-21-38(49-30)33(32)36(46)42(23-11-12-24-43)34(38)37(41)47/h5-8,10,13-14,16-21,29-30,32-34,43H,3-4,9,11-12,15,22-25H2,1-2H3,(H,39,45)/b10-6-/t29-,30-,32+,33+,34-,38+/m0/s1. The highest BCUT2D eigenvalue weighted by Crippen LogP contribution is 2.55. The van der Waals surface area contributed by atoms with E-state index >= 15 is 0 Å². The van der Waals surface area contributed by atoms with E-state index in [1.165, 1.54) is 0 Å². The lowest BCUT2D eigenvalue weighted by atomic mass is 9.74. The van der Waals surface area contributed by atoms with Crippen LogP contribution in [-0.2, 0) is 28.7 Å². The highest BCUT2D eigenvalue weighted by atomic mass is 16.5. The van der Waals surface area contributed by atoms with Crippen LogP contribution in [0.3, 0.4) is 0 Å². The number of unbranched alkanes of at least 4 members (excludes halogenated alkanes) is 1. The van der Waals surface area contributed by atoms with Gasteiger partial charge in [-0.2, -0.15) is 0 Å². The summed E-state index contributed by atoms with van der Waals surface area (Å²) in [6.45, 7) is 6.18. The molecule has 49 heavy (non-hydrogen) atoms. The molecule has 0 aromatic heterocycles. The number of ether oxygens (including phenoxy) is 2. The molecule has 0 unspecified atom stereocenters. The van der Waals surface area contributed by atoms with E-state index in [9.17, 15) is 24.3 Å². The van der Waals surface area contributed by atoms with Gasteiger partial charge in [0.15, 0.2) is 0 Å². The number of benzene rings is 2. The van der Waals surface area contributed by atoms with Crippen molar-refractivity contribution in [3.63, 3.8) is 0 Å². The van der Waals surface area contributed by atoms with Crippen LogP contribution in [0, 0.1) is 11.8 Å². The molecule has 2 saturated heterocycles. The van der Waals surface area contributed by atoms with Gasteiger partial charge in [0.25, 0.3) is 5.91 Å². The van der Waals surface area contributed by atoms with Gasteiger partial charge in [-0.05, 0) is 62.9 Å². The fourth-order valence-corrected chi connectivity index (χ4v) is 7.71. The second-order valence-electron chi connectivity index (χ2n) is 13.0. The third kappa shape index (κ3) is 6.61. The van der Waals surface area contributed by atoms with Gasteiger partial charge < -0.3 is 34.6 Å². The summed E-state index contributed by atoms with van der Waals surface area (Å²) in [4.78, 5) is 61.8. The zero-order valence-electron chi connectivity index (χ0n) is 28.2. The minimum Gasteiger partial charge on any atom is -0.463 e. The van der Waals surface area contributed by atoms with E-state index in [1.807, 2.05) is 66.7 Å². The van der Waals surface area contributed by atoms with Gasteiger partial charge in [-0.3, -0.25) is 19.2 Å². The minimum absolute atomic E-state index is 0.0417. The van der Waals surface area contributed by atoms with Gasteiger partial charge in [0, 0.05) is 50.6 Å². The summed E-state index contributed by atoms with van der Waals surface area (Å²) in [6, 6.07) is 15.4. The van der Waals surface area contributed by atoms with E-state index in [-0.39, 0.29) is 44.5 Å². The van der Waals surface area contributed by atoms with Gasteiger partial charge in [-0.1, -0.05) is 54.6 Å². The van der Waals surface area contributed by atoms with Gasteiger partial charge in [-0.15, -0.1) is 0 Å². The first kappa shape index (κ1) is 34.4. The van der Waals surface area contributed by atoms with Gasteiger partial charge in [0.05, 0.1) is 24.0 Å². The average Bonchev–Trinajstić information content (AvgIpc) is 3.76. The molecule has 11 nitrogen and oxygen atoms in total. The Labute approximate surface area is 287 Å². The Kier molecular flexibility index (Phi) is 10.5. The SMILES string of the molecule is CCN(CC)c1ccc(N2C/C=C\CCC(=O)OC[C@@H](c3ccccc3)NC(=O)[C@@H]3[C@@H]4C=C[C@]5(O4)[C@H](C2=O)N(CCCCO)C(=O)[C@@H]35)cc1. The van der Waals surface area contributed by atoms with Crippen molar-refractivity contribution in [3.05, 3.63) is 84.5 Å². The number of carbonyl (C=O) groups is 4. The quantitative estimate of drug-likeness (QED) is 0.236. The van der Waals surface area contributed by atoms with Crippen molar-refractivity contribution in [2.75, 3.05) is 49.2 Å². The molecule has 0 aliphatic carbocycles. The van der Waals surface area contributed by atoms with Crippen LogP contribution in [0.2, 0.25) is 0 Å². The molecule has 4 aliphatic rings. The number of fused-ring (bicyclic) bond motifs is 2. The highest BCUT2D eigenvalue weighted by molar-refractivity contribution is 6.05. The van der Waals surface area contributed by atoms with Gasteiger partial charge in [0.2, 0.25) is 11.8 Å². The number of cyclic esters (lactones) is 1. The number of aliphatic hydroxyl groups excluding tert-OH is 1. The van der Waals surface area contributed by atoms with E-state index in [4.69, 9.17) is 9.47 Å². The summed E-state index contributed by atoms with van der Waals surface area (Å²) in [7, 11) is 0. The van der Waals surface area contributed by atoms with Gasteiger partial charge in [0.1, 0.15) is 18.2 Å². The molecular formula is C38H46N4O7. The van der Waals surface area contributed by atoms with E-state index < -0.39 is 47.5 Å². The summed E-state index contributed by atoms with van der Waals surface area (Å²) in [6.07, 6.45) is 8.09. The van der Waals surface area contributed by atoms with Crippen LogP contribution in [0.1, 0.15) is 51.1 Å². The van der Waals surface area contributed by atoms with Crippen molar-refractivity contribution in [1.29, 1.82) is 0 Å². The van der Waals surface area contributed by atoms with Crippen LogP contribution in [-0.4, -0.2) is 90.8 Å². The zero-order chi connectivity index (χ0) is 34.5. The predicted molar refractivity (Wildman–Crippen MR) is 185 cm³/mol. The third-order valence-electron chi connectivity index (χ3n) is 10.2. The van der Waals surface area contributed by atoms with E-state index in [2.05, 4.69) is 24.1 Å². The molecule has 5 bridgehead atoms. The molecule has 6 atom stereocenters. The second kappa shape index (κ2) is 15.0. The number of hydrogen-bond acceptors (Lipinski definition) is 8. The summed E-state index contributed by atoms with van der Waals surface area (Å²) in [5, 5.41) is 12.6. The Hall–Kier alpha value is -4.48. The molecule has 4 heterocycles. The molecule has 2 aromatic carbocycles. The predicted octanol–water partition coefficient (Wildman–Crippen LogP) is 3.54. The molecule has 2 aromatic rings. The maximum Gasteiger partial charge on any atom is 0.306 e. The maximum atomic E-state index is 15.0. The number of rotatable bonds is 9. The minimum atomic E-state index is -1.34. The number of anilines is 2. The lowest BCUT2D eigenvalue weighted by molar-refractivity contribution is -0.145. The van der Waals surface area contributed by atoms with Crippen LogP contribution >= 0.6 is 0 Å². The van der Waals surface area contributed by atoms with Gasteiger partial charge >= 0.3 is 5.97 Å². The van der Waals surface area contributed by atoms with Crippen molar-refractivity contribution in [2.24, 2.45) is 11.8 Å². The largest absolute Gasteiger partial charge is 0.463 e. The maximum absolute atomic E-state index is 15.0. The van der Waals surface area contributed by atoms with Crippen LogP contribution in [0.4, 0.5) is 11.4 Å². The molecule has 0 radical (unpaired) electrons. The fraction of sp³-hybridized carbons (Fsp3) is 0.474. The van der Waals surface area contributed by atoms with Crippen molar-refractivity contribution >= 4 is 35.1 Å². The number of aliphatic hydroxyl groups is 1. The lowest BCUT2D eigenvalue weighted by Gasteiger charge is -2.36. The Morgan fingerprint density at radius 3 is 2.43 bits per heavy atom. The van der Waals surface area contributed by atoms with E-state index in [0.717, 1.165) is 24.3 Å². The summed E-state index contributed by atoms with van der Waals surface area (Å²) >= 11 is 0. The van der Waals surface area contributed by atoms with Crippen LogP contribution in [0.5, 0.6) is 0 Å². The molecule has 260 valence electrons. The topological polar surface area (TPSA) is 129 Å². The molecule has 1 spiro atoms. The van der Waals surface area contributed by atoms with E-state index in [1.54, 1.807) is 22.0 Å². The number of nitrogens with one attached hydrogen (secondary N) is 1. The number of carbonyl (C=O) groups excluding carboxylic acids is 4. The Morgan fingerprint density at radius 2 is 1.71 bits per heavy atom. The van der Waals surface area contributed by atoms with Crippen molar-refractivity contribution in [1.82, 2.24) is 10.2 Å². The van der Waals surface area contributed by atoms with Crippen LogP contribution in [0.15, 0.2) is 78.9 Å². The fourth-order valence-electron chi connectivity index (χ4n) is 7.71. The summed E-state index contributed by atoms with van der Waals surface area (Å²) < 4.78 is 12.2. The van der Waals surface area contributed by atoms with Crippen molar-refractivity contribution in [2.45, 2.75) is 63.3 Å². The summed E-state index contributed by atoms with van der Waals surface area (Å²) in [5.74, 6) is -3.27. The first-order valence-corrected chi connectivity index (χ1v) is 17.4. The first-order chi connectivity index (χ1) is 23.8. The number of amides is 3. The van der Waals surface area contributed by atoms with Gasteiger partial charge in [-0.25, -0.2) is 0 Å². The highest BCUT2D eigenvalue weighted by Gasteiger charge is 2.73. The third-order valence-corrected chi connectivity index (χ3v) is 10.2. The van der Waals surface area contributed by atoms with E-state index in [0.29, 0.717) is 24.9 Å². The summed E-state index contributed by atoms with van der Waals surface area (Å²) in [5.41, 5.74) is 1.10. The molecule has 6 rings (SSSR count). The molecule has 2 N–H and O–H groups in total. The van der Waals surface area contributed by atoms with Crippen LogP contribution in [0.25, 0.3) is 0 Å². The van der Waals surface area contributed by atoms with Crippen molar-refractivity contribution < 1.29 is 33.8 Å². The number of nitrogens with zero attached hydrogens (tertiary/aromatic N) is 3. The molecule has 4 aliphatic heterocycles. The monoisotopic (exact) mass is 670 g/mol. The average molecular weight is 671 g/mol. The number of hydrogen-bond donors (Lipinski definition) is 2. The number of esters is 1. The Morgan fingerprint density at radius 1 is 0.959 bits per heavy atom. The Bertz CT molecular complexity index is 1570.